The number of nitrogens with two attached hydrogens (primary N) is 2. The van der Waals surface area contributed by atoms with Gasteiger partial charge in [0.05, 0.1) is 4.90 Å². The predicted octanol–water partition coefficient (Wildman–Crippen LogP) is 2.54. The Hall–Kier alpha value is -1.65. The van der Waals surface area contributed by atoms with E-state index in [1.807, 2.05) is 25.1 Å². The molecule has 0 fully saturated rings. The van der Waals surface area contributed by atoms with Crippen molar-refractivity contribution in [2.75, 3.05) is 11.9 Å². The number of halogens is 1. The number of hydrogen-bond acceptors (Lipinski definition) is 3. The summed E-state index contributed by atoms with van der Waals surface area (Å²) in [4.78, 5) is 4.38. The summed E-state index contributed by atoms with van der Waals surface area (Å²) in [5, 5.41) is 8.12. The van der Waals surface area contributed by atoms with E-state index in [4.69, 9.17) is 10.9 Å². The second-order valence-corrected chi connectivity index (χ2v) is 7.19. The third-order valence-electron chi connectivity index (χ3n) is 3.71. The zero-order chi connectivity index (χ0) is 17.7. The summed E-state index contributed by atoms with van der Waals surface area (Å²) in [7, 11) is -3.65. The van der Waals surface area contributed by atoms with Gasteiger partial charge < -0.3 is 11.1 Å². The molecule has 0 aliphatic rings. The van der Waals surface area contributed by atoms with Crippen LogP contribution in [0.5, 0.6) is 0 Å². The highest BCUT2D eigenvalue weighted by atomic mass is 127. The second-order valence-electron chi connectivity index (χ2n) is 5.63. The minimum Gasteiger partial charge on any atom is -0.370 e. The van der Waals surface area contributed by atoms with Crippen molar-refractivity contribution in [3.8, 4) is 0 Å². The molecular weight excluding hydrogens is 451 g/mol. The number of anilines is 1. The first kappa shape index (κ1) is 21.4. The Morgan fingerprint density at radius 1 is 1.08 bits per heavy atom. The van der Waals surface area contributed by atoms with Crippen LogP contribution in [-0.4, -0.2) is 20.9 Å². The number of guanidine groups is 1. The normalized spacial score (nSPS) is 11.7. The highest BCUT2D eigenvalue weighted by Gasteiger charge is 2.06. The molecule has 0 bridgehead atoms. The fourth-order valence-electron chi connectivity index (χ4n) is 2.16. The van der Waals surface area contributed by atoms with Gasteiger partial charge in [0.1, 0.15) is 0 Å². The van der Waals surface area contributed by atoms with Crippen LogP contribution in [0.25, 0.3) is 0 Å². The van der Waals surface area contributed by atoms with Crippen LogP contribution in [0.2, 0.25) is 0 Å². The van der Waals surface area contributed by atoms with Gasteiger partial charge in [-0.2, -0.15) is 0 Å². The number of nitrogens with one attached hydrogen (secondary N) is 1. The quantitative estimate of drug-likeness (QED) is 0.352. The van der Waals surface area contributed by atoms with Crippen molar-refractivity contribution < 1.29 is 8.42 Å². The molecule has 0 heterocycles. The molecule has 0 amide bonds. The minimum atomic E-state index is -3.65. The molecule has 6 nitrogen and oxygen atoms in total. The molecule has 0 saturated heterocycles. The molecular formula is C17H23IN4O2S. The summed E-state index contributed by atoms with van der Waals surface area (Å²) in [6, 6.07) is 12.4. The maximum atomic E-state index is 11.2. The molecule has 5 N–H and O–H groups in total. The summed E-state index contributed by atoms with van der Waals surface area (Å²) in [5.41, 5.74) is 10.1. The Morgan fingerprint density at radius 2 is 1.72 bits per heavy atom. The van der Waals surface area contributed by atoms with Crippen molar-refractivity contribution in [1.29, 1.82) is 0 Å². The number of aryl methyl sites for hydroxylation is 2. The first-order chi connectivity index (χ1) is 11.3. The van der Waals surface area contributed by atoms with E-state index < -0.39 is 10.0 Å². The molecule has 0 aliphatic heterocycles. The van der Waals surface area contributed by atoms with E-state index in [1.54, 1.807) is 12.1 Å². The highest BCUT2D eigenvalue weighted by molar-refractivity contribution is 14.0. The Morgan fingerprint density at radius 3 is 2.28 bits per heavy atom. The standard InChI is InChI=1S/C17H22N4O2S.HI/c1-12-3-6-15(11-13(12)2)21-17(18)20-10-9-14-4-7-16(8-5-14)24(19,22)23;/h3-8,11H,9-10H2,1-2H3,(H3,18,20,21)(H2,19,22,23);1H. The van der Waals surface area contributed by atoms with Crippen molar-refractivity contribution in [1.82, 2.24) is 0 Å². The lowest BCUT2D eigenvalue weighted by Crippen LogP contribution is -2.23. The predicted molar refractivity (Wildman–Crippen MR) is 113 cm³/mol. The maximum absolute atomic E-state index is 11.2. The zero-order valence-corrected chi connectivity index (χ0v) is 17.3. The van der Waals surface area contributed by atoms with Crippen LogP contribution in [0.3, 0.4) is 0 Å². The van der Waals surface area contributed by atoms with E-state index in [0.29, 0.717) is 18.9 Å². The van der Waals surface area contributed by atoms with Crippen LogP contribution in [0, 0.1) is 13.8 Å². The van der Waals surface area contributed by atoms with E-state index in [0.717, 1.165) is 11.3 Å². The van der Waals surface area contributed by atoms with Crippen molar-refractivity contribution in [2.45, 2.75) is 25.2 Å². The van der Waals surface area contributed by atoms with E-state index in [2.05, 4.69) is 17.2 Å². The molecule has 0 spiro atoms. The van der Waals surface area contributed by atoms with Gasteiger partial charge in [0.25, 0.3) is 0 Å². The monoisotopic (exact) mass is 474 g/mol. The summed E-state index contributed by atoms with van der Waals surface area (Å²) in [6.07, 6.45) is 0.653. The molecule has 0 atom stereocenters. The van der Waals surface area contributed by atoms with Crippen LogP contribution in [0.1, 0.15) is 16.7 Å². The molecule has 0 radical (unpaired) electrons. The van der Waals surface area contributed by atoms with E-state index >= 15 is 0 Å². The number of rotatable bonds is 5. The number of sulfonamides is 1. The van der Waals surface area contributed by atoms with Crippen molar-refractivity contribution in [2.24, 2.45) is 15.9 Å². The maximum Gasteiger partial charge on any atom is 0.238 e. The fraction of sp³-hybridized carbons (Fsp3) is 0.235. The summed E-state index contributed by atoms with van der Waals surface area (Å²) in [6.45, 7) is 4.59. The lowest BCUT2D eigenvalue weighted by Gasteiger charge is -2.08. The van der Waals surface area contributed by atoms with Crippen molar-refractivity contribution in [3.63, 3.8) is 0 Å². The SMILES string of the molecule is Cc1ccc(NC(N)=NCCc2ccc(S(N)(=O)=O)cc2)cc1C.I. The first-order valence-corrected chi connectivity index (χ1v) is 9.06. The summed E-state index contributed by atoms with van der Waals surface area (Å²) < 4.78 is 22.4. The molecule has 8 heteroatoms. The van der Waals surface area contributed by atoms with Gasteiger partial charge in [0.2, 0.25) is 10.0 Å². The number of aliphatic imine (C=N–C) groups is 1. The Labute approximate surface area is 165 Å². The Bertz CT molecular complexity index is 849. The van der Waals surface area contributed by atoms with Crippen LogP contribution >= 0.6 is 24.0 Å². The first-order valence-electron chi connectivity index (χ1n) is 7.51. The van der Waals surface area contributed by atoms with Crippen molar-refractivity contribution >= 4 is 45.6 Å². The van der Waals surface area contributed by atoms with Gasteiger partial charge in [-0.3, -0.25) is 4.99 Å². The van der Waals surface area contributed by atoms with E-state index in [1.165, 1.54) is 23.3 Å². The molecule has 2 aromatic rings. The molecule has 2 rings (SSSR count). The van der Waals surface area contributed by atoms with Crippen LogP contribution < -0.4 is 16.2 Å². The molecule has 0 aliphatic carbocycles. The molecule has 0 unspecified atom stereocenters. The molecule has 25 heavy (non-hydrogen) atoms. The minimum absolute atomic E-state index is 0. The van der Waals surface area contributed by atoms with Crippen LogP contribution in [-0.2, 0) is 16.4 Å². The van der Waals surface area contributed by atoms with Gasteiger partial charge in [0.15, 0.2) is 5.96 Å². The molecule has 2 aromatic carbocycles. The molecule has 0 saturated carbocycles. The largest absolute Gasteiger partial charge is 0.370 e. The summed E-state index contributed by atoms with van der Waals surface area (Å²) in [5.74, 6) is 0.347. The third kappa shape index (κ3) is 6.63. The van der Waals surface area contributed by atoms with E-state index in [9.17, 15) is 8.42 Å². The van der Waals surface area contributed by atoms with Gasteiger partial charge in [-0.1, -0.05) is 18.2 Å². The zero-order valence-electron chi connectivity index (χ0n) is 14.2. The van der Waals surface area contributed by atoms with Crippen LogP contribution in [0.4, 0.5) is 5.69 Å². The Kier molecular flexibility index (Phi) is 7.84. The molecule has 0 aromatic heterocycles. The number of benzene rings is 2. The van der Waals surface area contributed by atoms with Gasteiger partial charge >= 0.3 is 0 Å². The fourth-order valence-corrected chi connectivity index (χ4v) is 2.67. The smallest absolute Gasteiger partial charge is 0.238 e. The number of hydrogen-bond donors (Lipinski definition) is 3. The van der Waals surface area contributed by atoms with Gasteiger partial charge in [-0.25, -0.2) is 13.6 Å². The van der Waals surface area contributed by atoms with Gasteiger partial charge in [-0.05, 0) is 61.2 Å². The van der Waals surface area contributed by atoms with Crippen LogP contribution in [0.15, 0.2) is 52.4 Å². The third-order valence-corrected chi connectivity index (χ3v) is 4.64. The van der Waals surface area contributed by atoms with Gasteiger partial charge in [0, 0.05) is 12.2 Å². The topological polar surface area (TPSA) is 111 Å². The highest BCUT2D eigenvalue weighted by Crippen LogP contribution is 2.14. The summed E-state index contributed by atoms with van der Waals surface area (Å²) >= 11 is 0. The lowest BCUT2D eigenvalue weighted by molar-refractivity contribution is 0.598. The average Bonchev–Trinajstić information content (AvgIpc) is 2.50. The van der Waals surface area contributed by atoms with Gasteiger partial charge in [-0.15, -0.1) is 24.0 Å². The Balaban J connectivity index is 0.00000312. The average molecular weight is 474 g/mol. The van der Waals surface area contributed by atoms with Crippen molar-refractivity contribution in [3.05, 3.63) is 59.2 Å². The number of nitrogens with zero attached hydrogens (tertiary/aromatic N) is 1. The molecule has 136 valence electrons. The van der Waals surface area contributed by atoms with E-state index in [-0.39, 0.29) is 28.9 Å². The number of primary sulfonamides is 1. The lowest BCUT2D eigenvalue weighted by atomic mass is 10.1. The second kappa shape index (κ2) is 9.16.